The van der Waals surface area contributed by atoms with Gasteiger partial charge in [-0.05, 0) is 39.7 Å². The third-order valence-electron chi connectivity index (χ3n) is 4.26. The van der Waals surface area contributed by atoms with Gasteiger partial charge in [-0.2, -0.15) is 0 Å². The molecule has 1 fully saturated rings. The number of halogens is 3. The molecule has 8 heteroatoms. The van der Waals surface area contributed by atoms with Gasteiger partial charge in [-0.15, -0.1) is 0 Å². The summed E-state index contributed by atoms with van der Waals surface area (Å²) in [6.07, 6.45) is 0.459. The Kier molecular flexibility index (Phi) is 5.69. The molecule has 2 atom stereocenters. The van der Waals surface area contributed by atoms with Crippen LogP contribution in [0.4, 0.5) is 8.78 Å². The van der Waals surface area contributed by atoms with Crippen LogP contribution in [0.1, 0.15) is 58.1 Å². The first-order chi connectivity index (χ1) is 10.9. The maximum absolute atomic E-state index is 13.5. The predicted molar refractivity (Wildman–Crippen MR) is 91.4 cm³/mol. The van der Waals surface area contributed by atoms with Gasteiger partial charge in [-0.3, -0.25) is 0 Å². The van der Waals surface area contributed by atoms with Gasteiger partial charge in [0.25, 0.3) is 0 Å². The molecule has 2 rings (SSSR count). The lowest BCUT2D eigenvalue weighted by Gasteiger charge is -2.42. The SMILES string of the molecule is CC(C)(C)S(=O)NC(c1cccnc1Cl)C1(O)CCC(F)(F)CC1. The third kappa shape index (κ3) is 4.50. The minimum Gasteiger partial charge on any atom is -0.388 e. The number of hydrogen-bond donors (Lipinski definition) is 2. The number of aromatic nitrogens is 1. The quantitative estimate of drug-likeness (QED) is 0.781. The van der Waals surface area contributed by atoms with Crippen molar-refractivity contribution in [2.24, 2.45) is 0 Å². The summed E-state index contributed by atoms with van der Waals surface area (Å²) >= 11 is 6.14. The van der Waals surface area contributed by atoms with Crippen LogP contribution in [0.15, 0.2) is 18.3 Å². The normalized spacial score (nSPS) is 22.8. The Morgan fingerprint density at radius 3 is 2.42 bits per heavy atom. The van der Waals surface area contributed by atoms with Crippen molar-refractivity contribution in [3.63, 3.8) is 0 Å². The van der Waals surface area contributed by atoms with Gasteiger partial charge in [-0.25, -0.2) is 22.7 Å². The van der Waals surface area contributed by atoms with Crippen molar-refractivity contribution < 1.29 is 18.1 Å². The number of nitrogens with zero attached hydrogens (tertiary/aromatic N) is 1. The minimum absolute atomic E-state index is 0.107. The molecule has 1 heterocycles. The molecule has 0 bridgehead atoms. The van der Waals surface area contributed by atoms with Crippen LogP contribution >= 0.6 is 11.6 Å². The number of hydrogen-bond acceptors (Lipinski definition) is 3. The fourth-order valence-electron chi connectivity index (χ4n) is 2.70. The standard InChI is InChI=1S/C16H23ClF2N2O2S/c1-14(2,3)24(23)21-12(11-5-4-10-20-13(11)17)15(22)6-8-16(18,19)9-7-15/h4-5,10,12,21-22H,6-9H2,1-3H3. The van der Waals surface area contributed by atoms with Crippen molar-refractivity contribution >= 4 is 22.6 Å². The highest BCUT2D eigenvalue weighted by Gasteiger charge is 2.48. The lowest BCUT2D eigenvalue weighted by atomic mass is 9.76. The lowest BCUT2D eigenvalue weighted by Crippen LogP contribution is -2.50. The molecule has 0 aliphatic heterocycles. The maximum Gasteiger partial charge on any atom is 0.248 e. The van der Waals surface area contributed by atoms with E-state index in [0.29, 0.717) is 5.56 Å². The molecule has 1 aliphatic rings. The maximum atomic E-state index is 13.5. The van der Waals surface area contributed by atoms with Crippen molar-refractivity contribution in [2.75, 3.05) is 0 Å². The molecule has 1 aliphatic carbocycles. The van der Waals surface area contributed by atoms with E-state index in [2.05, 4.69) is 9.71 Å². The number of pyridine rings is 1. The molecular formula is C16H23ClF2N2O2S. The molecule has 0 radical (unpaired) electrons. The Hall–Kier alpha value is -0.630. The zero-order valence-corrected chi connectivity index (χ0v) is 15.6. The molecule has 0 aromatic carbocycles. The van der Waals surface area contributed by atoms with Gasteiger partial charge >= 0.3 is 0 Å². The van der Waals surface area contributed by atoms with Crippen molar-refractivity contribution in [3.05, 3.63) is 29.0 Å². The largest absolute Gasteiger partial charge is 0.388 e. The predicted octanol–water partition coefficient (Wildman–Crippen LogP) is 3.77. The highest BCUT2D eigenvalue weighted by molar-refractivity contribution is 7.84. The van der Waals surface area contributed by atoms with Gasteiger partial charge in [0.2, 0.25) is 5.92 Å². The monoisotopic (exact) mass is 380 g/mol. The van der Waals surface area contributed by atoms with Crippen LogP contribution in [-0.2, 0) is 11.0 Å². The van der Waals surface area contributed by atoms with Gasteiger partial charge in [0.15, 0.2) is 0 Å². The van der Waals surface area contributed by atoms with Gasteiger partial charge in [-0.1, -0.05) is 17.7 Å². The summed E-state index contributed by atoms with van der Waals surface area (Å²) < 4.78 is 41.9. The Balaban J connectivity index is 2.37. The van der Waals surface area contributed by atoms with Crippen LogP contribution in [-0.4, -0.2) is 30.6 Å². The van der Waals surface area contributed by atoms with E-state index in [1.165, 1.54) is 6.20 Å². The summed E-state index contributed by atoms with van der Waals surface area (Å²) in [5.41, 5.74) is -1.00. The van der Waals surface area contributed by atoms with Crippen molar-refractivity contribution in [3.8, 4) is 0 Å². The van der Waals surface area contributed by atoms with Crippen LogP contribution in [0.2, 0.25) is 5.15 Å². The lowest BCUT2D eigenvalue weighted by molar-refractivity contribution is -0.115. The van der Waals surface area contributed by atoms with Crippen LogP contribution in [0.25, 0.3) is 0 Å². The van der Waals surface area contributed by atoms with Gasteiger partial charge < -0.3 is 5.11 Å². The van der Waals surface area contributed by atoms with Crippen LogP contribution in [0, 0.1) is 0 Å². The minimum atomic E-state index is -2.78. The number of alkyl halides is 2. The molecule has 24 heavy (non-hydrogen) atoms. The molecule has 1 aromatic heterocycles. The molecule has 1 aromatic rings. The van der Waals surface area contributed by atoms with E-state index in [0.717, 1.165) is 0 Å². The van der Waals surface area contributed by atoms with Crippen LogP contribution in [0.3, 0.4) is 0 Å². The van der Waals surface area contributed by atoms with Crippen molar-refractivity contribution in [1.82, 2.24) is 9.71 Å². The molecule has 2 unspecified atom stereocenters. The van der Waals surface area contributed by atoms with Crippen LogP contribution in [0.5, 0.6) is 0 Å². The van der Waals surface area contributed by atoms with E-state index in [4.69, 9.17) is 11.6 Å². The first-order valence-corrected chi connectivity index (χ1v) is 9.36. The zero-order valence-electron chi connectivity index (χ0n) is 14.0. The van der Waals surface area contributed by atoms with Crippen molar-refractivity contribution in [2.45, 2.75) is 68.8 Å². The highest BCUT2D eigenvalue weighted by Crippen LogP contribution is 2.45. The summed E-state index contributed by atoms with van der Waals surface area (Å²) in [5.74, 6) is -2.78. The molecular weight excluding hydrogens is 358 g/mol. The summed E-state index contributed by atoms with van der Waals surface area (Å²) in [7, 11) is -1.51. The third-order valence-corrected chi connectivity index (χ3v) is 6.14. The fourth-order valence-corrected chi connectivity index (χ4v) is 3.84. The molecule has 136 valence electrons. The van der Waals surface area contributed by atoms with Gasteiger partial charge in [0.1, 0.15) is 5.15 Å². The zero-order chi connectivity index (χ0) is 18.2. The summed E-state index contributed by atoms with van der Waals surface area (Å²) in [4.78, 5) is 3.99. The Bertz CT molecular complexity index is 612. The van der Waals surface area contributed by atoms with Gasteiger partial charge in [0, 0.05) is 24.6 Å². The molecule has 1 saturated carbocycles. The van der Waals surface area contributed by atoms with E-state index < -0.39 is 46.1 Å². The number of aliphatic hydroxyl groups is 1. The Morgan fingerprint density at radius 2 is 1.92 bits per heavy atom. The van der Waals surface area contributed by atoms with Crippen molar-refractivity contribution in [1.29, 1.82) is 0 Å². The average Bonchev–Trinajstić information content (AvgIpc) is 2.48. The summed E-state index contributed by atoms with van der Waals surface area (Å²) in [6.45, 7) is 5.37. The summed E-state index contributed by atoms with van der Waals surface area (Å²) in [6, 6.07) is 2.48. The molecule has 4 nitrogen and oxygen atoms in total. The highest BCUT2D eigenvalue weighted by atomic mass is 35.5. The fraction of sp³-hybridized carbons (Fsp3) is 0.688. The van der Waals surface area contributed by atoms with E-state index in [1.807, 2.05) is 0 Å². The van der Waals surface area contributed by atoms with E-state index in [1.54, 1.807) is 32.9 Å². The van der Waals surface area contributed by atoms with E-state index in [9.17, 15) is 18.1 Å². The molecule has 0 saturated heterocycles. The topological polar surface area (TPSA) is 62.2 Å². The average molecular weight is 381 g/mol. The van der Waals surface area contributed by atoms with Crippen LogP contribution < -0.4 is 4.72 Å². The van der Waals surface area contributed by atoms with E-state index >= 15 is 0 Å². The number of rotatable bonds is 4. The first kappa shape index (κ1) is 19.7. The Morgan fingerprint density at radius 1 is 1.33 bits per heavy atom. The number of nitrogens with one attached hydrogen (secondary N) is 1. The van der Waals surface area contributed by atoms with Gasteiger partial charge in [0.05, 0.1) is 27.4 Å². The second-order valence-electron chi connectivity index (χ2n) is 7.27. The molecule has 2 N–H and O–H groups in total. The molecule has 0 spiro atoms. The smallest absolute Gasteiger partial charge is 0.248 e. The molecule has 0 amide bonds. The summed E-state index contributed by atoms with van der Waals surface area (Å²) in [5, 5.41) is 11.2. The second kappa shape index (κ2) is 6.94. The van der Waals surface area contributed by atoms with E-state index in [-0.39, 0.29) is 18.0 Å². The Labute approximate surface area is 148 Å². The second-order valence-corrected chi connectivity index (χ2v) is 9.63. The first-order valence-electron chi connectivity index (χ1n) is 7.83.